The summed E-state index contributed by atoms with van der Waals surface area (Å²) in [4.78, 5) is 19.0. The van der Waals surface area contributed by atoms with Crippen molar-refractivity contribution in [3.63, 3.8) is 0 Å². The van der Waals surface area contributed by atoms with E-state index in [-0.39, 0.29) is 5.91 Å². The zero-order valence-corrected chi connectivity index (χ0v) is 16.7. The van der Waals surface area contributed by atoms with E-state index in [2.05, 4.69) is 15.2 Å². The van der Waals surface area contributed by atoms with Gasteiger partial charge in [-0.05, 0) is 48.2 Å². The molecule has 2 aromatic rings. The smallest absolute Gasteiger partial charge is 0.251 e. The summed E-state index contributed by atoms with van der Waals surface area (Å²) >= 11 is 0. The molecule has 0 aliphatic carbocycles. The van der Waals surface area contributed by atoms with Gasteiger partial charge in [-0.25, -0.2) is 4.98 Å². The minimum Gasteiger partial charge on any atom is -0.493 e. The highest BCUT2D eigenvalue weighted by Gasteiger charge is 2.21. The summed E-state index contributed by atoms with van der Waals surface area (Å²) < 4.78 is 15.8. The van der Waals surface area contributed by atoms with Gasteiger partial charge in [0.1, 0.15) is 5.82 Å². The second kappa shape index (κ2) is 9.41. The van der Waals surface area contributed by atoms with Gasteiger partial charge >= 0.3 is 0 Å². The molecule has 1 aromatic carbocycles. The van der Waals surface area contributed by atoms with E-state index in [1.54, 1.807) is 33.6 Å². The number of pyridine rings is 1. The van der Waals surface area contributed by atoms with E-state index >= 15 is 0 Å². The fourth-order valence-corrected chi connectivity index (χ4v) is 3.33. The van der Waals surface area contributed by atoms with Crippen molar-refractivity contribution in [3.05, 3.63) is 47.2 Å². The fourth-order valence-electron chi connectivity index (χ4n) is 3.33. The summed E-state index contributed by atoms with van der Waals surface area (Å²) in [5.41, 5.74) is 3.04. The fraction of sp³-hybridized carbons (Fsp3) is 0.429. The Morgan fingerprint density at radius 3 is 2.61 bits per heavy atom. The van der Waals surface area contributed by atoms with Gasteiger partial charge in [0, 0.05) is 45.1 Å². The normalized spacial score (nSPS) is 13.0. The zero-order chi connectivity index (χ0) is 19.9. The standard InChI is InChI=1S/C21H27N3O4/c1-26-10-4-7-23-21(25)16-5-8-22-20(13-16)24-9-6-15-11-18(27-2)19(28-3)12-17(15)14-24/h5,8,11-13H,4,6-7,9-10,14H2,1-3H3,(H,23,25). The summed E-state index contributed by atoms with van der Waals surface area (Å²) in [6.45, 7) is 2.75. The highest BCUT2D eigenvalue weighted by atomic mass is 16.5. The van der Waals surface area contributed by atoms with Crippen molar-refractivity contribution in [3.8, 4) is 11.5 Å². The maximum Gasteiger partial charge on any atom is 0.251 e. The van der Waals surface area contributed by atoms with Crippen LogP contribution >= 0.6 is 0 Å². The van der Waals surface area contributed by atoms with Gasteiger partial charge in [0.2, 0.25) is 0 Å². The van der Waals surface area contributed by atoms with Gasteiger partial charge in [-0.15, -0.1) is 0 Å². The molecule has 0 spiro atoms. The molecule has 3 rings (SSSR count). The van der Waals surface area contributed by atoms with Crippen LogP contribution in [0.1, 0.15) is 27.9 Å². The molecule has 7 nitrogen and oxygen atoms in total. The lowest BCUT2D eigenvalue weighted by molar-refractivity contribution is 0.0948. The Labute approximate surface area is 165 Å². The first-order chi connectivity index (χ1) is 13.7. The molecule has 28 heavy (non-hydrogen) atoms. The molecule has 1 aliphatic heterocycles. The van der Waals surface area contributed by atoms with Gasteiger partial charge in [0.05, 0.1) is 14.2 Å². The second-order valence-electron chi connectivity index (χ2n) is 6.65. The summed E-state index contributed by atoms with van der Waals surface area (Å²) in [5.74, 6) is 2.17. The highest BCUT2D eigenvalue weighted by molar-refractivity contribution is 5.94. The Hall–Kier alpha value is -2.80. The van der Waals surface area contributed by atoms with Crippen molar-refractivity contribution >= 4 is 11.7 Å². The molecule has 1 amide bonds. The molecule has 0 fully saturated rings. The van der Waals surface area contributed by atoms with Crippen molar-refractivity contribution in [1.82, 2.24) is 10.3 Å². The molecule has 7 heteroatoms. The molecule has 0 saturated carbocycles. The Morgan fingerprint density at radius 2 is 1.89 bits per heavy atom. The summed E-state index contributed by atoms with van der Waals surface area (Å²) in [6, 6.07) is 7.65. The zero-order valence-electron chi connectivity index (χ0n) is 16.7. The third-order valence-electron chi connectivity index (χ3n) is 4.86. The number of nitrogens with one attached hydrogen (secondary N) is 1. The Balaban J connectivity index is 1.72. The number of methoxy groups -OCH3 is 3. The van der Waals surface area contributed by atoms with E-state index in [1.807, 2.05) is 18.2 Å². The monoisotopic (exact) mass is 385 g/mol. The van der Waals surface area contributed by atoms with Gasteiger partial charge in [-0.2, -0.15) is 0 Å². The summed E-state index contributed by atoms with van der Waals surface area (Å²) in [6.07, 6.45) is 3.35. The quantitative estimate of drug-likeness (QED) is 0.704. The van der Waals surface area contributed by atoms with Crippen molar-refractivity contribution in [2.45, 2.75) is 19.4 Å². The van der Waals surface area contributed by atoms with E-state index in [4.69, 9.17) is 14.2 Å². The second-order valence-corrected chi connectivity index (χ2v) is 6.65. The van der Waals surface area contributed by atoms with E-state index in [9.17, 15) is 4.79 Å². The number of hydrogen-bond acceptors (Lipinski definition) is 6. The molecular weight excluding hydrogens is 358 g/mol. The lowest BCUT2D eigenvalue weighted by Crippen LogP contribution is -2.31. The van der Waals surface area contributed by atoms with Crippen LogP contribution < -0.4 is 19.7 Å². The number of hydrogen-bond donors (Lipinski definition) is 1. The maximum atomic E-state index is 12.4. The molecule has 0 unspecified atom stereocenters. The third-order valence-corrected chi connectivity index (χ3v) is 4.86. The van der Waals surface area contributed by atoms with E-state index in [1.165, 1.54) is 11.1 Å². The molecular formula is C21H27N3O4. The van der Waals surface area contributed by atoms with Gasteiger partial charge in [-0.1, -0.05) is 0 Å². The molecule has 1 aliphatic rings. The van der Waals surface area contributed by atoms with Crippen LogP contribution in [0.25, 0.3) is 0 Å². The van der Waals surface area contributed by atoms with Crippen LogP contribution in [0.4, 0.5) is 5.82 Å². The average Bonchev–Trinajstić information content (AvgIpc) is 2.75. The average molecular weight is 385 g/mol. The van der Waals surface area contributed by atoms with Crippen LogP contribution in [0.5, 0.6) is 11.5 Å². The molecule has 150 valence electrons. The van der Waals surface area contributed by atoms with Crippen molar-refractivity contribution < 1.29 is 19.0 Å². The molecule has 0 atom stereocenters. The first-order valence-electron chi connectivity index (χ1n) is 9.38. The molecule has 0 radical (unpaired) electrons. The number of ether oxygens (including phenoxy) is 3. The number of fused-ring (bicyclic) bond motifs is 1. The van der Waals surface area contributed by atoms with E-state index in [0.717, 1.165) is 36.7 Å². The van der Waals surface area contributed by atoms with Crippen molar-refractivity contribution in [2.24, 2.45) is 0 Å². The Kier molecular flexibility index (Phi) is 6.71. The van der Waals surface area contributed by atoms with Crippen LogP contribution in [0.15, 0.2) is 30.5 Å². The lowest BCUT2D eigenvalue weighted by Gasteiger charge is -2.30. The maximum absolute atomic E-state index is 12.4. The Morgan fingerprint density at radius 1 is 1.14 bits per heavy atom. The predicted molar refractivity (Wildman–Crippen MR) is 107 cm³/mol. The number of aromatic nitrogens is 1. The molecule has 0 bridgehead atoms. The largest absolute Gasteiger partial charge is 0.493 e. The molecule has 0 saturated heterocycles. The predicted octanol–water partition coefficient (Wildman–Crippen LogP) is 2.43. The van der Waals surface area contributed by atoms with Crippen molar-refractivity contribution in [2.75, 3.05) is 45.9 Å². The molecule has 1 aromatic heterocycles. The summed E-state index contributed by atoms with van der Waals surface area (Å²) in [7, 11) is 4.94. The third kappa shape index (κ3) is 4.54. The van der Waals surface area contributed by atoms with Crippen LogP contribution in [-0.4, -0.2) is 51.9 Å². The van der Waals surface area contributed by atoms with Crippen LogP contribution in [-0.2, 0) is 17.7 Å². The lowest BCUT2D eigenvalue weighted by atomic mass is 9.98. The number of benzene rings is 1. The Bertz CT molecular complexity index is 825. The number of amides is 1. The van der Waals surface area contributed by atoms with Crippen LogP contribution in [0.3, 0.4) is 0 Å². The van der Waals surface area contributed by atoms with Gasteiger partial charge in [0.15, 0.2) is 11.5 Å². The van der Waals surface area contributed by atoms with Gasteiger partial charge in [-0.3, -0.25) is 4.79 Å². The minimum atomic E-state index is -0.0939. The van der Waals surface area contributed by atoms with Crippen LogP contribution in [0.2, 0.25) is 0 Å². The highest BCUT2D eigenvalue weighted by Crippen LogP contribution is 2.34. The minimum absolute atomic E-state index is 0.0939. The molecule has 1 N–H and O–H groups in total. The van der Waals surface area contributed by atoms with Gasteiger partial charge < -0.3 is 24.4 Å². The van der Waals surface area contributed by atoms with Crippen molar-refractivity contribution in [1.29, 1.82) is 0 Å². The molecule has 2 heterocycles. The number of nitrogens with zero attached hydrogens (tertiary/aromatic N) is 2. The topological polar surface area (TPSA) is 72.9 Å². The SMILES string of the molecule is COCCCNC(=O)c1ccnc(N2CCc3cc(OC)c(OC)cc3C2)c1. The van der Waals surface area contributed by atoms with E-state index < -0.39 is 0 Å². The first-order valence-corrected chi connectivity index (χ1v) is 9.38. The van der Waals surface area contributed by atoms with E-state index in [0.29, 0.717) is 25.3 Å². The van der Waals surface area contributed by atoms with Gasteiger partial charge in [0.25, 0.3) is 5.91 Å². The summed E-state index contributed by atoms with van der Waals surface area (Å²) in [5, 5.41) is 2.91. The number of carbonyl (C=O) groups excluding carboxylic acids is 1. The number of carbonyl (C=O) groups is 1. The first kappa shape index (κ1) is 19.9. The van der Waals surface area contributed by atoms with Crippen LogP contribution in [0, 0.1) is 0 Å². The number of anilines is 1. The number of rotatable bonds is 8.